The Morgan fingerprint density at radius 3 is 2.51 bits per heavy atom. The molecular weight excluding hydrogens is 652 g/mol. The van der Waals surface area contributed by atoms with Gasteiger partial charge in [0.05, 0.1) is 18.0 Å². The molecule has 4 fully saturated rings. The fourth-order valence-electron chi connectivity index (χ4n) is 7.18. The van der Waals surface area contributed by atoms with Crippen LogP contribution in [0.15, 0.2) is 41.8 Å². The van der Waals surface area contributed by atoms with E-state index in [4.69, 9.17) is 9.57 Å². The molecule has 5 atom stereocenters. The lowest BCUT2D eigenvalue weighted by molar-refractivity contribution is -0.141. The first-order valence-electron chi connectivity index (χ1n) is 17.4. The van der Waals surface area contributed by atoms with Crippen molar-refractivity contribution in [3.63, 3.8) is 0 Å². The standard InChI is InChI=1S/C34H46N6O8S/c1-33-16-8-4-2-3-5-11-27(37-32(44)47-24-9-6-7-10-24)30(42)40-21-25(48-36-20-23-14-17-35-18-15-23)19-28(40)29(41)38-34(33,22-33)31(43)39-49(45,46)26-12-13-26/h8,14-18,20,24-28H,2-7,9-13,19,21-22H2,1H3,(H,37,44)(H,38,41)(H,39,43)/b16-8-,36-20+/t25-,27+,28+,33-,34-/m1/s1. The first-order valence-corrected chi connectivity index (χ1v) is 19.0. The molecular formula is C34H46N6O8S. The van der Waals surface area contributed by atoms with Crippen LogP contribution in [0.2, 0.25) is 0 Å². The topological polar surface area (TPSA) is 185 Å². The lowest BCUT2D eigenvalue weighted by Gasteiger charge is -2.30. The van der Waals surface area contributed by atoms with Crippen molar-refractivity contribution in [1.29, 1.82) is 0 Å². The SMILES string of the molecule is C[C@]12/C=C\CCCCC[C@H](NC(=O)OC3CCCC3)C(=O)N3C[C@H](O/N=C/c4ccncc4)C[C@H]3C(=O)N[C@@]1(C(=O)NS(=O)(=O)C1CC1)C2. The Labute approximate surface area is 286 Å². The van der Waals surface area contributed by atoms with Crippen molar-refractivity contribution in [1.82, 2.24) is 25.2 Å². The number of nitrogens with zero attached hydrogens (tertiary/aromatic N) is 3. The molecule has 1 aromatic rings. The maximum atomic E-state index is 14.3. The van der Waals surface area contributed by atoms with Gasteiger partial charge in [0.15, 0.2) is 0 Å². The highest BCUT2D eigenvalue weighted by Crippen LogP contribution is 2.58. The van der Waals surface area contributed by atoms with Crippen molar-refractivity contribution >= 4 is 40.1 Å². The second kappa shape index (κ2) is 14.5. The van der Waals surface area contributed by atoms with Gasteiger partial charge in [0.2, 0.25) is 21.8 Å². The summed E-state index contributed by atoms with van der Waals surface area (Å²) in [5, 5.41) is 9.14. The normalized spacial score (nSPS) is 31.9. The Bertz CT molecular complexity index is 1580. The number of hydrogen-bond donors (Lipinski definition) is 3. The molecule has 14 nitrogen and oxygen atoms in total. The fourth-order valence-corrected chi connectivity index (χ4v) is 8.53. The number of alkyl carbamates (subject to hydrolysis) is 1. The molecule has 0 radical (unpaired) electrons. The number of amides is 4. The number of carbonyl (C=O) groups excluding carboxylic acids is 4. The van der Waals surface area contributed by atoms with E-state index in [1.54, 1.807) is 24.5 Å². The highest BCUT2D eigenvalue weighted by Gasteiger charge is 2.70. The van der Waals surface area contributed by atoms with E-state index < -0.39 is 68.2 Å². The van der Waals surface area contributed by atoms with E-state index in [-0.39, 0.29) is 25.5 Å². The first kappa shape index (κ1) is 34.8. The van der Waals surface area contributed by atoms with Gasteiger partial charge in [-0.25, -0.2) is 13.2 Å². The van der Waals surface area contributed by atoms with Crippen LogP contribution in [0.25, 0.3) is 0 Å². The van der Waals surface area contributed by atoms with Crippen LogP contribution in [0, 0.1) is 5.41 Å². The molecule has 5 aliphatic rings. The molecule has 2 aliphatic heterocycles. The monoisotopic (exact) mass is 698 g/mol. The van der Waals surface area contributed by atoms with Gasteiger partial charge < -0.3 is 25.1 Å². The third kappa shape index (κ3) is 8.08. The smallest absolute Gasteiger partial charge is 0.408 e. The summed E-state index contributed by atoms with van der Waals surface area (Å²) in [6, 6.07) is 1.47. The second-order valence-corrected chi connectivity index (χ2v) is 16.2. The van der Waals surface area contributed by atoms with E-state index in [9.17, 15) is 27.6 Å². The van der Waals surface area contributed by atoms with E-state index in [0.29, 0.717) is 32.1 Å². The quantitative estimate of drug-likeness (QED) is 0.209. The molecule has 0 aromatic carbocycles. The van der Waals surface area contributed by atoms with E-state index in [1.165, 1.54) is 11.1 Å². The number of sulfonamides is 1. The molecule has 0 unspecified atom stereocenters. The number of nitrogens with one attached hydrogen (secondary N) is 3. The van der Waals surface area contributed by atoms with E-state index in [0.717, 1.165) is 44.1 Å². The van der Waals surface area contributed by atoms with Crippen molar-refractivity contribution in [3.05, 3.63) is 42.2 Å². The molecule has 3 heterocycles. The molecule has 3 N–H and O–H groups in total. The van der Waals surface area contributed by atoms with E-state index in [1.807, 2.05) is 19.1 Å². The third-order valence-electron chi connectivity index (χ3n) is 10.4. The summed E-state index contributed by atoms with van der Waals surface area (Å²) in [5.74, 6) is -1.87. The Hall–Kier alpha value is -4.01. The van der Waals surface area contributed by atoms with Crippen LogP contribution in [0.4, 0.5) is 4.79 Å². The van der Waals surface area contributed by atoms with Gasteiger partial charge in [-0.15, -0.1) is 0 Å². The number of allylic oxidation sites excluding steroid dienone is 1. The summed E-state index contributed by atoms with van der Waals surface area (Å²) < 4.78 is 33.5. The van der Waals surface area contributed by atoms with Crippen molar-refractivity contribution in [2.75, 3.05) is 6.54 Å². The maximum Gasteiger partial charge on any atom is 0.408 e. The number of fused-ring (bicyclic) bond motifs is 2. The average Bonchev–Trinajstić information content (AvgIpc) is 3.89. The summed E-state index contributed by atoms with van der Waals surface area (Å²) in [7, 11) is -3.88. The number of ether oxygens (including phenoxy) is 1. The van der Waals surface area contributed by atoms with Gasteiger partial charge in [-0.3, -0.25) is 24.1 Å². The highest BCUT2D eigenvalue weighted by atomic mass is 32.2. The molecule has 4 amide bonds. The Morgan fingerprint density at radius 2 is 1.78 bits per heavy atom. The van der Waals surface area contributed by atoms with Crippen molar-refractivity contribution in [3.8, 4) is 0 Å². The van der Waals surface area contributed by atoms with Gasteiger partial charge in [0.25, 0.3) is 5.91 Å². The summed E-state index contributed by atoms with van der Waals surface area (Å²) in [4.78, 5) is 66.3. The molecule has 3 saturated carbocycles. The first-order chi connectivity index (χ1) is 23.5. The van der Waals surface area contributed by atoms with Crippen LogP contribution in [0.1, 0.15) is 96.0 Å². The minimum atomic E-state index is -3.88. The molecule has 266 valence electrons. The van der Waals surface area contributed by atoms with E-state index >= 15 is 0 Å². The number of hydrogen-bond acceptors (Lipinski definition) is 10. The third-order valence-corrected chi connectivity index (χ3v) is 12.2. The lowest BCUT2D eigenvalue weighted by atomic mass is 9.99. The summed E-state index contributed by atoms with van der Waals surface area (Å²) in [5.41, 5.74) is -1.62. The van der Waals surface area contributed by atoms with Gasteiger partial charge in [-0.05, 0) is 81.9 Å². The van der Waals surface area contributed by atoms with Gasteiger partial charge in [0.1, 0.15) is 29.8 Å². The number of pyridine rings is 1. The van der Waals surface area contributed by atoms with Crippen LogP contribution < -0.4 is 15.4 Å². The molecule has 6 rings (SSSR count). The molecule has 15 heteroatoms. The molecule has 49 heavy (non-hydrogen) atoms. The molecule has 1 saturated heterocycles. The number of oxime groups is 1. The van der Waals surface area contributed by atoms with Gasteiger partial charge in [-0.2, -0.15) is 0 Å². The van der Waals surface area contributed by atoms with Gasteiger partial charge >= 0.3 is 6.09 Å². The lowest BCUT2D eigenvalue weighted by Crippen LogP contribution is -2.59. The zero-order valence-corrected chi connectivity index (χ0v) is 28.7. The number of carbonyl (C=O) groups is 4. The van der Waals surface area contributed by atoms with Gasteiger partial charge in [-0.1, -0.05) is 37.1 Å². The molecule has 0 spiro atoms. The average molecular weight is 699 g/mol. The number of rotatable bonds is 8. The Kier molecular flexibility index (Phi) is 10.3. The Balaban J connectivity index is 1.26. The molecule has 0 bridgehead atoms. The summed E-state index contributed by atoms with van der Waals surface area (Å²) >= 11 is 0. The maximum absolute atomic E-state index is 14.3. The molecule has 1 aromatic heterocycles. The zero-order chi connectivity index (χ0) is 34.6. The summed E-state index contributed by atoms with van der Waals surface area (Å²) in [6.07, 6.45) is 15.1. The van der Waals surface area contributed by atoms with Crippen LogP contribution >= 0.6 is 0 Å². The largest absolute Gasteiger partial charge is 0.446 e. The Morgan fingerprint density at radius 1 is 1.04 bits per heavy atom. The fraction of sp³-hybridized carbons (Fsp3) is 0.647. The van der Waals surface area contributed by atoms with Crippen LogP contribution in [0.5, 0.6) is 0 Å². The minimum absolute atomic E-state index is 0.00683. The predicted molar refractivity (Wildman–Crippen MR) is 178 cm³/mol. The van der Waals surface area contributed by atoms with Gasteiger partial charge in [0, 0.05) is 24.2 Å². The van der Waals surface area contributed by atoms with Crippen LogP contribution in [-0.2, 0) is 34.0 Å². The van der Waals surface area contributed by atoms with Crippen LogP contribution in [0.3, 0.4) is 0 Å². The van der Waals surface area contributed by atoms with Crippen molar-refractivity contribution in [2.45, 2.75) is 125 Å². The number of aromatic nitrogens is 1. The second-order valence-electron chi connectivity index (χ2n) is 14.2. The van der Waals surface area contributed by atoms with Crippen molar-refractivity contribution in [2.24, 2.45) is 10.6 Å². The summed E-state index contributed by atoms with van der Waals surface area (Å²) in [6.45, 7) is 1.82. The predicted octanol–water partition coefficient (Wildman–Crippen LogP) is 2.83. The highest BCUT2D eigenvalue weighted by molar-refractivity contribution is 7.91. The minimum Gasteiger partial charge on any atom is -0.446 e. The van der Waals surface area contributed by atoms with E-state index in [2.05, 4.69) is 25.5 Å². The van der Waals surface area contributed by atoms with Crippen molar-refractivity contribution < 1.29 is 37.2 Å². The molecule has 3 aliphatic carbocycles. The zero-order valence-electron chi connectivity index (χ0n) is 27.8. The van der Waals surface area contributed by atoms with Crippen LogP contribution in [-0.4, -0.2) is 90.0 Å².